The second kappa shape index (κ2) is 5.25. The van der Waals surface area contributed by atoms with Gasteiger partial charge in [-0.2, -0.15) is 0 Å². The first kappa shape index (κ1) is 12.7. The number of hydrogen-bond donors (Lipinski definition) is 1. The molecule has 0 saturated carbocycles. The van der Waals surface area contributed by atoms with Gasteiger partial charge in [0, 0.05) is 36.4 Å². The minimum absolute atomic E-state index is 0.363. The molecular formula is C13H20ClN3. The maximum absolute atomic E-state index is 6.06. The maximum atomic E-state index is 6.06. The predicted octanol–water partition coefficient (Wildman–Crippen LogP) is 1.81. The minimum Gasteiger partial charge on any atom is -0.362 e. The molecule has 2 rings (SSSR count). The van der Waals surface area contributed by atoms with Gasteiger partial charge in [0.2, 0.25) is 0 Å². The molecule has 3 nitrogen and oxygen atoms in total. The summed E-state index contributed by atoms with van der Waals surface area (Å²) < 4.78 is 0. The van der Waals surface area contributed by atoms with Gasteiger partial charge in [-0.15, -0.1) is 0 Å². The van der Waals surface area contributed by atoms with Crippen molar-refractivity contribution in [3.05, 3.63) is 29.3 Å². The van der Waals surface area contributed by atoms with Crippen LogP contribution in [-0.2, 0) is 0 Å². The molecule has 4 heteroatoms. The van der Waals surface area contributed by atoms with Crippen molar-refractivity contribution < 1.29 is 0 Å². The first-order chi connectivity index (χ1) is 8.11. The van der Waals surface area contributed by atoms with Gasteiger partial charge in [0.05, 0.1) is 6.04 Å². The topological polar surface area (TPSA) is 32.5 Å². The first-order valence-corrected chi connectivity index (χ1v) is 6.42. The molecule has 0 radical (unpaired) electrons. The van der Waals surface area contributed by atoms with E-state index in [0.717, 1.165) is 18.1 Å². The molecule has 1 saturated heterocycles. The number of halogens is 1. The number of nitrogens with zero attached hydrogens (tertiary/aromatic N) is 2. The molecule has 0 aromatic heterocycles. The Hall–Kier alpha value is -0.770. The average Bonchev–Trinajstić information content (AvgIpc) is 2.27. The Bertz CT molecular complexity index is 383. The lowest BCUT2D eigenvalue weighted by atomic mass is 10.1. The van der Waals surface area contributed by atoms with E-state index in [4.69, 9.17) is 17.3 Å². The van der Waals surface area contributed by atoms with Crippen molar-refractivity contribution in [2.45, 2.75) is 19.0 Å². The molecule has 1 aromatic rings. The van der Waals surface area contributed by atoms with E-state index in [0.29, 0.717) is 18.6 Å². The second-order valence-corrected chi connectivity index (χ2v) is 5.28. The number of benzene rings is 1. The van der Waals surface area contributed by atoms with Crippen LogP contribution in [0.4, 0.5) is 5.69 Å². The van der Waals surface area contributed by atoms with Gasteiger partial charge < -0.3 is 15.5 Å². The number of anilines is 1. The van der Waals surface area contributed by atoms with Crippen LogP contribution in [0.1, 0.15) is 6.92 Å². The third-order valence-electron chi connectivity index (χ3n) is 3.34. The highest BCUT2D eigenvalue weighted by molar-refractivity contribution is 6.30. The van der Waals surface area contributed by atoms with Crippen molar-refractivity contribution in [1.29, 1.82) is 0 Å². The highest BCUT2D eigenvalue weighted by Crippen LogP contribution is 2.26. The lowest BCUT2D eigenvalue weighted by molar-refractivity contribution is 0.235. The van der Waals surface area contributed by atoms with Gasteiger partial charge in [-0.3, -0.25) is 0 Å². The predicted molar refractivity (Wildman–Crippen MR) is 73.7 cm³/mol. The van der Waals surface area contributed by atoms with E-state index in [1.54, 1.807) is 0 Å². The zero-order valence-corrected chi connectivity index (χ0v) is 11.2. The summed E-state index contributed by atoms with van der Waals surface area (Å²) in [5, 5.41) is 0.782. The van der Waals surface area contributed by atoms with Gasteiger partial charge in [0.15, 0.2) is 0 Å². The van der Waals surface area contributed by atoms with Gasteiger partial charge in [0.25, 0.3) is 0 Å². The molecule has 0 spiro atoms. The summed E-state index contributed by atoms with van der Waals surface area (Å²) in [4.78, 5) is 4.73. The van der Waals surface area contributed by atoms with Gasteiger partial charge in [-0.1, -0.05) is 17.7 Å². The summed E-state index contributed by atoms with van der Waals surface area (Å²) in [5.74, 6) is 0. The Morgan fingerprint density at radius 3 is 2.82 bits per heavy atom. The monoisotopic (exact) mass is 253 g/mol. The van der Waals surface area contributed by atoms with Crippen LogP contribution >= 0.6 is 11.6 Å². The molecule has 1 aliphatic rings. The Morgan fingerprint density at radius 1 is 1.41 bits per heavy atom. The molecule has 1 aromatic carbocycles. The average molecular weight is 254 g/mol. The van der Waals surface area contributed by atoms with Crippen LogP contribution in [0.25, 0.3) is 0 Å². The van der Waals surface area contributed by atoms with Crippen molar-refractivity contribution in [1.82, 2.24) is 4.90 Å². The fraction of sp³-hybridized carbons (Fsp3) is 0.538. The van der Waals surface area contributed by atoms with Crippen LogP contribution in [0.3, 0.4) is 0 Å². The molecule has 17 heavy (non-hydrogen) atoms. The van der Waals surface area contributed by atoms with Gasteiger partial charge >= 0.3 is 0 Å². The molecular weight excluding hydrogens is 234 g/mol. The smallest absolute Gasteiger partial charge is 0.0542 e. The highest BCUT2D eigenvalue weighted by Gasteiger charge is 2.29. The molecule has 1 aliphatic heterocycles. The van der Waals surface area contributed by atoms with Crippen molar-refractivity contribution in [3.8, 4) is 0 Å². The Morgan fingerprint density at radius 2 is 2.18 bits per heavy atom. The highest BCUT2D eigenvalue weighted by atomic mass is 35.5. The molecule has 0 amide bonds. The number of likely N-dealkylation sites (N-methyl/N-ethyl adjacent to an activating group) is 1. The van der Waals surface area contributed by atoms with E-state index >= 15 is 0 Å². The molecule has 0 bridgehead atoms. The van der Waals surface area contributed by atoms with Crippen molar-refractivity contribution in [2.75, 3.05) is 31.6 Å². The fourth-order valence-corrected chi connectivity index (χ4v) is 2.90. The summed E-state index contributed by atoms with van der Waals surface area (Å²) >= 11 is 6.06. The van der Waals surface area contributed by atoms with Gasteiger partial charge in [0.1, 0.15) is 0 Å². The lowest BCUT2D eigenvalue weighted by Gasteiger charge is -2.45. The molecule has 94 valence electrons. The summed E-state index contributed by atoms with van der Waals surface area (Å²) in [6.07, 6.45) is 0. The summed E-state index contributed by atoms with van der Waals surface area (Å²) in [6, 6.07) is 8.85. The molecule has 2 N–H and O–H groups in total. The van der Waals surface area contributed by atoms with E-state index in [1.807, 2.05) is 18.2 Å². The first-order valence-electron chi connectivity index (χ1n) is 6.04. The molecule has 2 unspecified atom stereocenters. The Labute approximate surface area is 108 Å². The summed E-state index contributed by atoms with van der Waals surface area (Å²) in [7, 11) is 2.15. The number of hydrogen-bond acceptors (Lipinski definition) is 3. The number of piperazine rings is 1. The van der Waals surface area contributed by atoms with Crippen LogP contribution in [0.15, 0.2) is 24.3 Å². The van der Waals surface area contributed by atoms with E-state index < -0.39 is 0 Å². The van der Waals surface area contributed by atoms with E-state index in [1.165, 1.54) is 5.69 Å². The minimum atomic E-state index is 0.363. The second-order valence-electron chi connectivity index (χ2n) is 4.85. The number of nitrogens with two attached hydrogens (primary N) is 1. The quantitative estimate of drug-likeness (QED) is 0.873. The Kier molecular flexibility index (Phi) is 3.92. The molecule has 1 fully saturated rings. The van der Waals surface area contributed by atoms with Crippen molar-refractivity contribution >= 4 is 17.3 Å². The van der Waals surface area contributed by atoms with E-state index in [2.05, 4.69) is 29.8 Å². The zero-order chi connectivity index (χ0) is 12.4. The largest absolute Gasteiger partial charge is 0.362 e. The van der Waals surface area contributed by atoms with E-state index in [9.17, 15) is 0 Å². The normalized spacial score (nSPS) is 26.2. The van der Waals surface area contributed by atoms with Crippen molar-refractivity contribution in [3.63, 3.8) is 0 Å². The van der Waals surface area contributed by atoms with Gasteiger partial charge in [-0.25, -0.2) is 0 Å². The number of rotatable bonds is 2. The van der Waals surface area contributed by atoms with Crippen LogP contribution in [-0.4, -0.2) is 43.7 Å². The van der Waals surface area contributed by atoms with Crippen LogP contribution in [0.5, 0.6) is 0 Å². The summed E-state index contributed by atoms with van der Waals surface area (Å²) in [6.45, 7) is 4.97. The molecule has 1 heterocycles. The van der Waals surface area contributed by atoms with Crippen LogP contribution in [0.2, 0.25) is 5.02 Å². The van der Waals surface area contributed by atoms with Crippen molar-refractivity contribution in [2.24, 2.45) is 5.73 Å². The van der Waals surface area contributed by atoms with Gasteiger partial charge in [-0.05, 0) is 32.2 Å². The maximum Gasteiger partial charge on any atom is 0.0542 e. The Balaban J connectivity index is 2.28. The zero-order valence-electron chi connectivity index (χ0n) is 10.4. The third kappa shape index (κ3) is 2.73. The third-order valence-corrected chi connectivity index (χ3v) is 3.58. The van der Waals surface area contributed by atoms with E-state index in [-0.39, 0.29) is 0 Å². The summed E-state index contributed by atoms with van der Waals surface area (Å²) in [5.41, 5.74) is 7.07. The standard InChI is InChI=1S/C13H20ClN3/c1-10-8-16(2)9-13(7-15)17(10)12-5-3-4-11(14)6-12/h3-6,10,13H,7-9,15H2,1-2H3. The SMILES string of the molecule is CC1CN(C)CC(CN)N1c1cccc(Cl)c1. The van der Waals surface area contributed by atoms with Crippen LogP contribution in [0, 0.1) is 0 Å². The fourth-order valence-electron chi connectivity index (χ4n) is 2.71. The molecule has 2 atom stereocenters. The lowest BCUT2D eigenvalue weighted by Crippen LogP contribution is -2.59. The molecule has 0 aliphatic carbocycles. The van der Waals surface area contributed by atoms with Crippen LogP contribution < -0.4 is 10.6 Å².